The minimum Gasteiger partial charge on any atom is -0.484 e. The Balaban J connectivity index is 2.98. The SMILES string of the molecule is CC(C)NC(C)(COc1cc(Cl)ccc1[N+](=O)[O-])C(N)=O. The van der Waals surface area contributed by atoms with Crippen LogP contribution in [0.4, 0.5) is 5.69 Å². The van der Waals surface area contributed by atoms with Gasteiger partial charge in [-0.15, -0.1) is 0 Å². The molecule has 0 fully saturated rings. The van der Waals surface area contributed by atoms with Crippen molar-refractivity contribution in [2.45, 2.75) is 32.4 Å². The number of rotatable bonds is 7. The summed E-state index contributed by atoms with van der Waals surface area (Å²) in [6.07, 6.45) is 0. The third kappa shape index (κ3) is 4.57. The molecule has 116 valence electrons. The summed E-state index contributed by atoms with van der Waals surface area (Å²) in [5.41, 5.74) is 4.00. The Bertz CT molecular complexity index is 550. The molecule has 7 nitrogen and oxygen atoms in total. The standard InChI is InChI=1S/C13H18ClN3O4/c1-8(2)16-13(3,12(15)18)7-21-11-6-9(14)4-5-10(11)17(19)20/h4-6,8,16H,7H2,1-3H3,(H2,15,18). The molecule has 1 aromatic carbocycles. The normalized spacial score (nSPS) is 13.8. The van der Waals surface area contributed by atoms with Crippen molar-refractivity contribution in [3.05, 3.63) is 33.3 Å². The van der Waals surface area contributed by atoms with Crippen molar-refractivity contribution in [1.29, 1.82) is 0 Å². The average molecular weight is 316 g/mol. The molecule has 1 aromatic rings. The number of amides is 1. The van der Waals surface area contributed by atoms with Gasteiger partial charge in [-0.3, -0.25) is 20.2 Å². The molecular weight excluding hydrogens is 298 g/mol. The predicted octanol–water partition coefficient (Wildman–Crippen LogP) is 1.87. The molecule has 8 heteroatoms. The lowest BCUT2D eigenvalue weighted by atomic mass is 10.0. The van der Waals surface area contributed by atoms with Gasteiger partial charge in [0.1, 0.15) is 12.1 Å². The Hall–Kier alpha value is -1.86. The lowest BCUT2D eigenvalue weighted by Gasteiger charge is -2.29. The molecule has 1 amide bonds. The van der Waals surface area contributed by atoms with Gasteiger partial charge in [-0.05, 0) is 26.8 Å². The molecular formula is C13H18ClN3O4. The van der Waals surface area contributed by atoms with E-state index in [1.807, 2.05) is 13.8 Å². The number of carbonyl (C=O) groups excluding carboxylic acids is 1. The smallest absolute Gasteiger partial charge is 0.311 e. The van der Waals surface area contributed by atoms with Gasteiger partial charge < -0.3 is 10.5 Å². The van der Waals surface area contributed by atoms with E-state index in [4.69, 9.17) is 22.1 Å². The van der Waals surface area contributed by atoms with Crippen LogP contribution >= 0.6 is 11.6 Å². The van der Waals surface area contributed by atoms with Crippen LogP contribution in [0, 0.1) is 10.1 Å². The zero-order chi connectivity index (χ0) is 16.2. The van der Waals surface area contributed by atoms with Crippen LogP contribution in [0.25, 0.3) is 0 Å². The minimum absolute atomic E-state index is 0.00877. The van der Waals surface area contributed by atoms with Gasteiger partial charge in [0.05, 0.1) is 4.92 Å². The predicted molar refractivity (Wildman–Crippen MR) is 79.5 cm³/mol. The fourth-order valence-corrected chi connectivity index (χ4v) is 1.96. The van der Waals surface area contributed by atoms with E-state index < -0.39 is 16.4 Å². The van der Waals surface area contributed by atoms with E-state index in [1.54, 1.807) is 6.92 Å². The van der Waals surface area contributed by atoms with Gasteiger partial charge in [-0.25, -0.2) is 0 Å². The number of carbonyl (C=O) groups is 1. The van der Waals surface area contributed by atoms with E-state index in [2.05, 4.69) is 5.32 Å². The lowest BCUT2D eigenvalue weighted by Crippen LogP contribution is -2.59. The topological polar surface area (TPSA) is 107 Å². The fourth-order valence-electron chi connectivity index (χ4n) is 1.80. The molecule has 1 rings (SSSR count). The van der Waals surface area contributed by atoms with Crippen molar-refractivity contribution in [3.8, 4) is 5.75 Å². The number of nitro groups is 1. The van der Waals surface area contributed by atoms with Crippen molar-refractivity contribution in [2.75, 3.05) is 6.61 Å². The molecule has 0 aliphatic rings. The van der Waals surface area contributed by atoms with Crippen LogP contribution in [0.1, 0.15) is 20.8 Å². The number of hydrogen-bond acceptors (Lipinski definition) is 5. The summed E-state index contributed by atoms with van der Waals surface area (Å²) >= 11 is 5.81. The van der Waals surface area contributed by atoms with Crippen molar-refractivity contribution in [2.24, 2.45) is 5.73 Å². The zero-order valence-electron chi connectivity index (χ0n) is 12.1. The quantitative estimate of drug-likeness (QED) is 0.590. The van der Waals surface area contributed by atoms with E-state index in [-0.39, 0.29) is 24.1 Å². The zero-order valence-corrected chi connectivity index (χ0v) is 12.8. The van der Waals surface area contributed by atoms with E-state index in [0.717, 1.165) is 0 Å². The maximum Gasteiger partial charge on any atom is 0.311 e. The number of primary amides is 1. The Labute approximate surface area is 127 Å². The molecule has 0 spiro atoms. The Morgan fingerprint density at radius 1 is 1.57 bits per heavy atom. The summed E-state index contributed by atoms with van der Waals surface area (Å²) in [5.74, 6) is -0.619. The van der Waals surface area contributed by atoms with Crippen LogP contribution in [0.5, 0.6) is 5.75 Å². The molecule has 0 bridgehead atoms. The van der Waals surface area contributed by atoms with Gasteiger partial charge in [0.25, 0.3) is 0 Å². The highest BCUT2D eigenvalue weighted by atomic mass is 35.5. The maximum absolute atomic E-state index is 11.6. The van der Waals surface area contributed by atoms with Crippen LogP contribution in [0.2, 0.25) is 5.02 Å². The van der Waals surface area contributed by atoms with E-state index in [9.17, 15) is 14.9 Å². The average Bonchev–Trinajstić information content (AvgIpc) is 2.35. The van der Waals surface area contributed by atoms with Crippen molar-refractivity contribution < 1.29 is 14.5 Å². The van der Waals surface area contributed by atoms with E-state index in [0.29, 0.717) is 5.02 Å². The first-order chi connectivity index (χ1) is 9.65. The number of nitro benzene ring substituents is 1. The van der Waals surface area contributed by atoms with Crippen molar-refractivity contribution in [1.82, 2.24) is 5.32 Å². The van der Waals surface area contributed by atoms with E-state index in [1.165, 1.54) is 18.2 Å². The molecule has 0 saturated heterocycles. The highest BCUT2D eigenvalue weighted by molar-refractivity contribution is 6.30. The second kappa shape index (κ2) is 6.73. The highest BCUT2D eigenvalue weighted by Crippen LogP contribution is 2.30. The van der Waals surface area contributed by atoms with Gasteiger partial charge >= 0.3 is 5.69 Å². The molecule has 0 aromatic heterocycles. The van der Waals surface area contributed by atoms with Gasteiger partial charge in [0.15, 0.2) is 5.75 Å². The van der Waals surface area contributed by atoms with Gasteiger partial charge in [0, 0.05) is 23.2 Å². The number of halogens is 1. The third-order valence-electron chi connectivity index (χ3n) is 2.79. The summed E-state index contributed by atoms with van der Waals surface area (Å²) in [6, 6.07) is 3.96. The Morgan fingerprint density at radius 2 is 2.19 bits per heavy atom. The molecule has 1 atom stereocenters. The first kappa shape index (κ1) is 17.2. The first-order valence-corrected chi connectivity index (χ1v) is 6.68. The maximum atomic E-state index is 11.6. The van der Waals surface area contributed by atoms with Gasteiger partial charge in [-0.2, -0.15) is 0 Å². The second-order valence-electron chi connectivity index (χ2n) is 5.15. The first-order valence-electron chi connectivity index (χ1n) is 6.30. The molecule has 0 aliphatic heterocycles. The molecule has 0 saturated carbocycles. The summed E-state index contributed by atoms with van der Waals surface area (Å²) in [7, 11) is 0. The monoisotopic (exact) mass is 315 g/mol. The number of nitrogens with one attached hydrogen (secondary N) is 1. The Kier molecular flexibility index (Phi) is 5.51. The highest BCUT2D eigenvalue weighted by Gasteiger charge is 2.33. The fraction of sp³-hybridized carbons (Fsp3) is 0.462. The van der Waals surface area contributed by atoms with Crippen LogP contribution in [0.15, 0.2) is 18.2 Å². The third-order valence-corrected chi connectivity index (χ3v) is 3.02. The van der Waals surface area contributed by atoms with Gasteiger partial charge in [0.2, 0.25) is 5.91 Å². The molecule has 0 radical (unpaired) electrons. The number of nitrogens with zero attached hydrogens (tertiary/aromatic N) is 1. The number of benzene rings is 1. The lowest BCUT2D eigenvalue weighted by molar-refractivity contribution is -0.385. The number of hydrogen-bond donors (Lipinski definition) is 2. The summed E-state index contributed by atoms with van der Waals surface area (Å²) in [6.45, 7) is 5.12. The van der Waals surface area contributed by atoms with Crippen LogP contribution < -0.4 is 15.8 Å². The number of nitrogens with two attached hydrogens (primary N) is 1. The molecule has 1 unspecified atom stereocenters. The van der Waals surface area contributed by atoms with Crippen LogP contribution in [-0.2, 0) is 4.79 Å². The van der Waals surface area contributed by atoms with Crippen LogP contribution in [-0.4, -0.2) is 29.0 Å². The summed E-state index contributed by atoms with van der Waals surface area (Å²) in [5, 5.41) is 14.2. The second-order valence-corrected chi connectivity index (χ2v) is 5.59. The van der Waals surface area contributed by atoms with Crippen molar-refractivity contribution in [3.63, 3.8) is 0 Å². The molecule has 0 aliphatic carbocycles. The molecule has 21 heavy (non-hydrogen) atoms. The van der Waals surface area contributed by atoms with E-state index >= 15 is 0 Å². The molecule has 0 heterocycles. The largest absolute Gasteiger partial charge is 0.484 e. The summed E-state index contributed by atoms with van der Waals surface area (Å²) in [4.78, 5) is 21.9. The minimum atomic E-state index is -1.15. The molecule has 3 N–H and O–H groups in total. The van der Waals surface area contributed by atoms with Crippen molar-refractivity contribution >= 4 is 23.2 Å². The Morgan fingerprint density at radius 3 is 2.67 bits per heavy atom. The van der Waals surface area contributed by atoms with Crippen LogP contribution in [0.3, 0.4) is 0 Å². The number of ether oxygens (including phenoxy) is 1. The summed E-state index contributed by atoms with van der Waals surface area (Å²) < 4.78 is 5.42. The van der Waals surface area contributed by atoms with Gasteiger partial charge in [-0.1, -0.05) is 11.6 Å².